The van der Waals surface area contributed by atoms with Crippen molar-refractivity contribution in [2.75, 3.05) is 37.6 Å². The van der Waals surface area contributed by atoms with Crippen LogP contribution in [0.4, 0.5) is 9.52 Å². The summed E-state index contributed by atoms with van der Waals surface area (Å²) >= 11 is 1.45. The van der Waals surface area contributed by atoms with E-state index in [1.165, 1.54) is 23.7 Å². The van der Waals surface area contributed by atoms with E-state index in [2.05, 4.69) is 36.0 Å². The van der Waals surface area contributed by atoms with Crippen LogP contribution in [-0.2, 0) is 0 Å². The minimum Gasteiger partial charge on any atom is -0.344 e. The van der Waals surface area contributed by atoms with Crippen LogP contribution in [0.25, 0.3) is 11.4 Å². The van der Waals surface area contributed by atoms with Crippen LogP contribution >= 0.6 is 11.5 Å². The molecule has 0 saturated carbocycles. The summed E-state index contributed by atoms with van der Waals surface area (Å²) < 4.78 is 16.3. The molecular formula is C19H23FN6S. The van der Waals surface area contributed by atoms with Gasteiger partial charge in [-0.05, 0) is 25.6 Å². The van der Waals surface area contributed by atoms with Gasteiger partial charge in [0, 0.05) is 50.1 Å². The van der Waals surface area contributed by atoms with Crippen LogP contribution in [-0.4, -0.2) is 56.9 Å². The highest BCUT2D eigenvalue weighted by atomic mass is 32.1. The number of piperazine rings is 1. The third-order valence-electron chi connectivity index (χ3n) is 4.28. The number of hydrogen-bond acceptors (Lipinski definition) is 7. The molecule has 1 aromatic carbocycles. The van der Waals surface area contributed by atoms with E-state index in [4.69, 9.17) is 0 Å². The third-order valence-corrected chi connectivity index (χ3v) is 5.05. The lowest BCUT2D eigenvalue weighted by atomic mass is 10.3. The zero-order valence-corrected chi connectivity index (χ0v) is 16.4. The highest BCUT2D eigenvalue weighted by molar-refractivity contribution is 7.09. The largest absolute Gasteiger partial charge is 0.344 e. The van der Waals surface area contributed by atoms with E-state index in [0.29, 0.717) is 0 Å². The first-order chi connectivity index (χ1) is 13.2. The van der Waals surface area contributed by atoms with Crippen molar-refractivity contribution in [2.24, 2.45) is 0 Å². The standard InChI is InChI=1S/C13H18N6S.C6H5F/c1-3-18-4-6-19(7-5-18)13-16-12(17-20-13)11-8-14-10(2)15-9-11;7-6-4-2-1-3-5-6/h8-9H,3-7H2,1-2H3;1-5H. The second kappa shape index (κ2) is 9.48. The number of anilines is 1. The van der Waals surface area contributed by atoms with E-state index >= 15 is 0 Å². The number of benzene rings is 1. The van der Waals surface area contributed by atoms with Gasteiger partial charge >= 0.3 is 0 Å². The average Bonchev–Trinajstić information content (AvgIpc) is 3.20. The first kappa shape index (κ1) is 19.3. The summed E-state index contributed by atoms with van der Waals surface area (Å²) in [6.07, 6.45) is 3.56. The van der Waals surface area contributed by atoms with E-state index in [9.17, 15) is 4.39 Å². The molecule has 3 heterocycles. The lowest BCUT2D eigenvalue weighted by Crippen LogP contribution is -2.46. The summed E-state index contributed by atoms with van der Waals surface area (Å²) in [5.74, 6) is 1.31. The molecule has 0 amide bonds. The van der Waals surface area contributed by atoms with E-state index in [1.54, 1.807) is 30.6 Å². The molecule has 8 heteroatoms. The van der Waals surface area contributed by atoms with Crippen LogP contribution in [0.5, 0.6) is 0 Å². The lowest BCUT2D eigenvalue weighted by molar-refractivity contribution is 0.271. The minimum atomic E-state index is -0.178. The summed E-state index contributed by atoms with van der Waals surface area (Å²) in [6, 6.07) is 7.94. The summed E-state index contributed by atoms with van der Waals surface area (Å²) in [6.45, 7) is 9.43. The fraction of sp³-hybridized carbons (Fsp3) is 0.368. The molecule has 1 aliphatic heterocycles. The van der Waals surface area contributed by atoms with Gasteiger partial charge in [0.25, 0.3) is 0 Å². The second-order valence-corrected chi connectivity index (χ2v) is 6.87. The number of hydrogen-bond donors (Lipinski definition) is 0. The normalized spacial score (nSPS) is 14.6. The number of likely N-dealkylation sites (N-methyl/N-ethyl adjacent to an activating group) is 1. The Balaban J connectivity index is 0.000000253. The smallest absolute Gasteiger partial charge is 0.205 e. The zero-order chi connectivity index (χ0) is 19.1. The molecule has 1 aliphatic rings. The SMILES string of the molecule is CCN1CCN(c2nc(-c3cnc(C)nc3)ns2)CC1.Fc1ccccc1. The lowest BCUT2D eigenvalue weighted by Gasteiger charge is -2.33. The van der Waals surface area contributed by atoms with Crippen molar-refractivity contribution in [3.63, 3.8) is 0 Å². The van der Waals surface area contributed by atoms with Gasteiger partial charge in [0.1, 0.15) is 11.6 Å². The Kier molecular flexibility index (Phi) is 6.78. The minimum absolute atomic E-state index is 0.178. The van der Waals surface area contributed by atoms with Crippen LogP contribution < -0.4 is 4.90 Å². The third kappa shape index (κ3) is 5.51. The Hall–Kier alpha value is -2.45. The Morgan fingerprint density at radius 1 is 1.04 bits per heavy atom. The van der Waals surface area contributed by atoms with Crippen molar-refractivity contribution in [2.45, 2.75) is 13.8 Å². The van der Waals surface area contributed by atoms with E-state index in [-0.39, 0.29) is 5.82 Å². The number of halogens is 1. The van der Waals surface area contributed by atoms with Crippen LogP contribution in [0.15, 0.2) is 42.7 Å². The van der Waals surface area contributed by atoms with Gasteiger partial charge in [-0.3, -0.25) is 0 Å². The molecule has 0 aliphatic carbocycles. The van der Waals surface area contributed by atoms with Crippen LogP contribution in [0.3, 0.4) is 0 Å². The van der Waals surface area contributed by atoms with Crippen LogP contribution in [0.1, 0.15) is 12.7 Å². The van der Waals surface area contributed by atoms with Gasteiger partial charge in [0.05, 0.1) is 5.56 Å². The van der Waals surface area contributed by atoms with Crippen molar-refractivity contribution in [1.29, 1.82) is 0 Å². The highest BCUT2D eigenvalue weighted by Crippen LogP contribution is 2.24. The topological polar surface area (TPSA) is 58.0 Å². The van der Waals surface area contributed by atoms with E-state index in [0.717, 1.165) is 55.1 Å². The summed E-state index contributed by atoms with van der Waals surface area (Å²) in [4.78, 5) is 17.8. The molecule has 0 N–H and O–H groups in total. The molecule has 3 aromatic rings. The zero-order valence-electron chi connectivity index (χ0n) is 15.5. The van der Waals surface area contributed by atoms with Gasteiger partial charge in [0.15, 0.2) is 5.82 Å². The maximum atomic E-state index is 11.9. The van der Waals surface area contributed by atoms with Gasteiger partial charge in [0.2, 0.25) is 5.13 Å². The highest BCUT2D eigenvalue weighted by Gasteiger charge is 2.19. The summed E-state index contributed by atoms with van der Waals surface area (Å²) in [7, 11) is 0. The molecule has 0 bridgehead atoms. The molecule has 27 heavy (non-hydrogen) atoms. The Bertz CT molecular complexity index is 816. The molecule has 0 atom stereocenters. The van der Waals surface area contributed by atoms with Crippen molar-refractivity contribution in [3.8, 4) is 11.4 Å². The maximum absolute atomic E-state index is 11.9. The number of aromatic nitrogens is 4. The summed E-state index contributed by atoms with van der Waals surface area (Å²) in [5.41, 5.74) is 0.880. The molecular weight excluding hydrogens is 363 g/mol. The Morgan fingerprint density at radius 2 is 1.70 bits per heavy atom. The first-order valence-electron chi connectivity index (χ1n) is 8.96. The van der Waals surface area contributed by atoms with Crippen molar-refractivity contribution >= 4 is 16.7 Å². The van der Waals surface area contributed by atoms with Gasteiger partial charge in [-0.1, -0.05) is 25.1 Å². The predicted molar refractivity (Wildman–Crippen MR) is 106 cm³/mol. The van der Waals surface area contributed by atoms with Gasteiger partial charge in [-0.15, -0.1) is 0 Å². The average molecular weight is 387 g/mol. The first-order valence-corrected chi connectivity index (χ1v) is 9.73. The maximum Gasteiger partial charge on any atom is 0.205 e. The monoisotopic (exact) mass is 386 g/mol. The molecule has 142 valence electrons. The quantitative estimate of drug-likeness (QED) is 0.689. The molecule has 0 spiro atoms. The number of aryl methyl sites for hydroxylation is 1. The number of rotatable bonds is 3. The molecule has 2 aromatic heterocycles. The predicted octanol–water partition coefficient (Wildman–Crippen LogP) is 3.27. The fourth-order valence-electron chi connectivity index (χ4n) is 2.64. The Labute approximate surface area is 162 Å². The molecule has 1 saturated heterocycles. The van der Waals surface area contributed by atoms with Gasteiger partial charge in [-0.2, -0.15) is 9.36 Å². The molecule has 0 unspecified atom stereocenters. The number of nitrogens with zero attached hydrogens (tertiary/aromatic N) is 6. The van der Waals surface area contributed by atoms with Crippen LogP contribution in [0, 0.1) is 12.7 Å². The van der Waals surface area contributed by atoms with Gasteiger partial charge < -0.3 is 9.80 Å². The second-order valence-electron chi connectivity index (χ2n) is 6.14. The molecule has 6 nitrogen and oxygen atoms in total. The van der Waals surface area contributed by atoms with Crippen LogP contribution in [0.2, 0.25) is 0 Å². The van der Waals surface area contributed by atoms with Crippen molar-refractivity contribution in [3.05, 3.63) is 54.4 Å². The Morgan fingerprint density at radius 3 is 2.26 bits per heavy atom. The summed E-state index contributed by atoms with van der Waals surface area (Å²) in [5, 5.41) is 0.997. The molecule has 1 fully saturated rings. The van der Waals surface area contributed by atoms with Crippen molar-refractivity contribution in [1.82, 2.24) is 24.2 Å². The molecule has 0 radical (unpaired) electrons. The van der Waals surface area contributed by atoms with E-state index < -0.39 is 0 Å². The van der Waals surface area contributed by atoms with E-state index in [1.807, 2.05) is 6.92 Å². The van der Waals surface area contributed by atoms with Crippen molar-refractivity contribution < 1.29 is 4.39 Å². The molecule has 4 rings (SSSR count). The fourth-order valence-corrected chi connectivity index (χ4v) is 3.38. The van der Waals surface area contributed by atoms with Gasteiger partial charge in [-0.25, -0.2) is 14.4 Å².